The highest BCUT2D eigenvalue weighted by Crippen LogP contribution is 2.20. The van der Waals surface area contributed by atoms with E-state index in [0.29, 0.717) is 12.1 Å². The molecule has 0 aliphatic carbocycles. The topological polar surface area (TPSA) is 42.2 Å². The predicted molar refractivity (Wildman–Crippen MR) is 71.7 cm³/mol. The SMILES string of the molecule is O=C(NCc1ccco1)c1cc(Br)cc(Br)c1. The number of rotatable bonds is 3. The second-order valence-corrected chi connectivity index (χ2v) is 5.25. The van der Waals surface area contributed by atoms with Gasteiger partial charge in [0.2, 0.25) is 0 Å². The second-order valence-electron chi connectivity index (χ2n) is 3.42. The highest BCUT2D eigenvalue weighted by Gasteiger charge is 2.07. The van der Waals surface area contributed by atoms with Crippen molar-refractivity contribution in [1.29, 1.82) is 0 Å². The zero-order valence-corrected chi connectivity index (χ0v) is 11.9. The van der Waals surface area contributed by atoms with Crippen LogP contribution in [0.2, 0.25) is 0 Å². The second kappa shape index (κ2) is 5.51. The number of hydrogen-bond donors (Lipinski definition) is 1. The summed E-state index contributed by atoms with van der Waals surface area (Å²) < 4.78 is 6.85. The van der Waals surface area contributed by atoms with Crippen LogP contribution in [0.1, 0.15) is 16.1 Å². The molecule has 17 heavy (non-hydrogen) atoms. The largest absolute Gasteiger partial charge is 0.467 e. The van der Waals surface area contributed by atoms with E-state index in [1.165, 1.54) is 0 Å². The normalized spacial score (nSPS) is 10.2. The van der Waals surface area contributed by atoms with E-state index in [9.17, 15) is 4.79 Å². The molecule has 0 saturated heterocycles. The van der Waals surface area contributed by atoms with Gasteiger partial charge in [0.1, 0.15) is 5.76 Å². The molecule has 0 atom stereocenters. The molecule has 1 aromatic heterocycles. The zero-order chi connectivity index (χ0) is 12.3. The van der Waals surface area contributed by atoms with Gasteiger partial charge in [-0.1, -0.05) is 31.9 Å². The van der Waals surface area contributed by atoms with Crippen molar-refractivity contribution in [2.45, 2.75) is 6.54 Å². The Hall–Kier alpha value is -1.07. The van der Waals surface area contributed by atoms with Gasteiger partial charge >= 0.3 is 0 Å². The van der Waals surface area contributed by atoms with Gasteiger partial charge in [-0.2, -0.15) is 0 Å². The van der Waals surface area contributed by atoms with E-state index in [0.717, 1.165) is 14.7 Å². The first-order valence-corrected chi connectivity index (χ1v) is 6.50. The van der Waals surface area contributed by atoms with E-state index in [1.54, 1.807) is 24.5 Å². The number of furan rings is 1. The number of halogens is 2. The molecule has 2 rings (SSSR count). The monoisotopic (exact) mass is 357 g/mol. The Labute approximate surface area is 115 Å². The Morgan fingerprint density at radius 3 is 2.53 bits per heavy atom. The molecule has 0 bridgehead atoms. The summed E-state index contributed by atoms with van der Waals surface area (Å²) >= 11 is 6.69. The molecule has 1 N–H and O–H groups in total. The summed E-state index contributed by atoms with van der Waals surface area (Å²) in [6, 6.07) is 9.02. The van der Waals surface area contributed by atoms with Crippen molar-refractivity contribution in [2.24, 2.45) is 0 Å². The van der Waals surface area contributed by atoms with E-state index in [2.05, 4.69) is 37.2 Å². The van der Waals surface area contributed by atoms with Crippen LogP contribution in [0.25, 0.3) is 0 Å². The smallest absolute Gasteiger partial charge is 0.251 e. The summed E-state index contributed by atoms with van der Waals surface area (Å²) in [5.41, 5.74) is 0.595. The van der Waals surface area contributed by atoms with Crippen molar-refractivity contribution >= 4 is 37.8 Å². The lowest BCUT2D eigenvalue weighted by molar-refractivity contribution is 0.0948. The van der Waals surface area contributed by atoms with Crippen molar-refractivity contribution in [3.05, 3.63) is 56.9 Å². The average Bonchev–Trinajstić information content (AvgIpc) is 2.77. The van der Waals surface area contributed by atoms with Crippen LogP contribution in [0.5, 0.6) is 0 Å². The molecule has 1 aromatic carbocycles. The zero-order valence-electron chi connectivity index (χ0n) is 8.74. The molecule has 1 amide bonds. The maximum atomic E-state index is 11.8. The number of amides is 1. The summed E-state index contributed by atoms with van der Waals surface area (Å²) in [6.45, 7) is 0.385. The van der Waals surface area contributed by atoms with Gasteiger partial charge < -0.3 is 9.73 Å². The fourth-order valence-corrected chi connectivity index (χ4v) is 2.66. The fraction of sp³-hybridized carbons (Fsp3) is 0.0833. The number of hydrogen-bond acceptors (Lipinski definition) is 2. The molecule has 0 radical (unpaired) electrons. The van der Waals surface area contributed by atoms with Gasteiger partial charge in [-0.15, -0.1) is 0 Å². The molecule has 0 spiro atoms. The molecule has 0 saturated carbocycles. The first-order valence-electron chi connectivity index (χ1n) is 4.92. The van der Waals surface area contributed by atoms with Gasteiger partial charge in [-0.25, -0.2) is 0 Å². The number of carbonyl (C=O) groups is 1. The summed E-state index contributed by atoms with van der Waals surface area (Å²) in [6.07, 6.45) is 1.58. The quantitative estimate of drug-likeness (QED) is 0.908. The summed E-state index contributed by atoms with van der Waals surface area (Å²) in [5.74, 6) is 0.593. The van der Waals surface area contributed by atoms with E-state index >= 15 is 0 Å². The Morgan fingerprint density at radius 2 is 1.94 bits per heavy atom. The molecule has 2 aromatic rings. The summed E-state index contributed by atoms with van der Waals surface area (Å²) in [4.78, 5) is 11.8. The first-order chi connectivity index (χ1) is 8.15. The van der Waals surface area contributed by atoms with E-state index < -0.39 is 0 Å². The standard InChI is InChI=1S/C12H9Br2NO2/c13-9-4-8(5-10(14)6-9)12(16)15-7-11-2-1-3-17-11/h1-6H,7H2,(H,15,16). The lowest BCUT2D eigenvalue weighted by Gasteiger charge is -2.04. The van der Waals surface area contributed by atoms with Gasteiger partial charge in [-0.05, 0) is 30.3 Å². The molecular weight excluding hydrogens is 350 g/mol. The van der Waals surface area contributed by atoms with E-state index in [1.807, 2.05) is 12.1 Å². The maximum absolute atomic E-state index is 11.8. The summed E-state index contributed by atoms with van der Waals surface area (Å²) in [7, 11) is 0. The molecule has 0 fully saturated rings. The summed E-state index contributed by atoms with van der Waals surface area (Å²) in [5, 5.41) is 2.78. The van der Waals surface area contributed by atoms with Crippen LogP contribution in [0, 0.1) is 0 Å². The molecular formula is C12H9Br2NO2. The van der Waals surface area contributed by atoms with Gasteiger partial charge in [-0.3, -0.25) is 4.79 Å². The van der Waals surface area contributed by atoms with Crippen molar-refractivity contribution in [2.75, 3.05) is 0 Å². The van der Waals surface area contributed by atoms with Crippen LogP contribution in [0.15, 0.2) is 50.0 Å². The van der Waals surface area contributed by atoms with E-state index in [-0.39, 0.29) is 5.91 Å². The predicted octanol–water partition coefficient (Wildman–Crippen LogP) is 3.73. The first kappa shape index (κ1) is 12.4. The molecule has 88 valence electrons. The van der Waals surface area contributed by atoms with Crippen molar-refractivity contribution < 1.29 is 9.21 Å². The van der Waals surface area contributed by atoms with Crippen LogP contribution >= 0.6 is 31.9 Å². The molecule has 1 heterocycles. The van der Waals surface area contributed by atoms with Gasteiger partial charge in [0, 0.05) is 14.5 Å². The maximum Gasteiger partial charge on any atom is 0.251 e. The van der Waals surface area contributed by atoms with Gasteiger partial charge in [0.15, 0.2) is 0 Å². The van der Waals surface area contributed by atoms with Crippen molar-refractivity contribution in [3.8, 4) is 0 Å². The van der Waals surface area contributed by atoms with Crippen LogP contribution in [-0.2, 0) is 6.54 Å². The minimum Gasteiger partial charge on any atom is -0.467 e. The average molecular weight is 359 g/mol. The fourth-order valence-electron chi connectivity index (χ4n) is 1.37. The molecule has 0 unspecified atom stereocenters. The highest BCUT2D eigenvalue weighted by atomic mass is 79.9. The van der Waals surface area contributed by atoms with E-state index in [4.69, 9.17) is 4.42 Å². The minimum atomic E-state index is -0.136. The highest BCUT2D eigenvalue weighted by molar-refractivity contribution is 9.11. The molecule has 5 heteroatoms. The van der Waals surface area contributed by atoms with Crippen LogP contribution in [0.4, 0.5) is 0 Å². The van der Waals surface area contributed by atoms with Crippen molar-refractivity contribution in [1.82, 2.24) is 5.32 Å². The molecule has 0 aliphatic heterocycles. The molecule has 0 aliphatic rings. The Bertz CT molecular complexity index is 503. The van der Waals surface area contributed by atoms with Crippen LogP contribution < -0.4 is 5.32 Å². The number of nitrogens with one attached hydrogen (secondary N) is 1. The third-order valence-electron chi connectivity index (χ3n) is 2.13. The van der Waals surface area contributed by atoms with Gasteiger partial charge in [0.25, 0.3) is 5.91 Å². The number of carbonyl (C=O) groups excluding carboxylic acids is 1. The number of benzene rings is 1. The minimum absolute atomic E-state index is 0.136. The third-order valence-corrected chi connectivity index (χ3v) is 3.04. The van der Waals surface area contributed by atoms with Gasteiger partial charge in [0.05, 0.1) is 12.8 Å². The molecule has 3 nitrogen and oxygen atoms in total. The lowest BCUT2D eigenvalue weighted by atomic mass is 10.2. The van der Waals surface area contributed by atoms with Crippen LogP contribution in [0.3, 0.4) is 0 Å². The van der Waals surface area contributed by atoms with Crippen molar-refractivity contribution in [3.63, 3.8) is 0 Å². The third kappa shape index (κ3) is 3.44. The van der Waals surface area contributed by atoms with Crippen LogP contribution in [-0.4, -0.2) is 5.91 Å². The Kier molecular flexibility index (Phi) is 4.02. The lowest BCUT2D eigenvalue weighted by Crippen LogP contribution is -2.22. The Balaban J connectivity index is 2.04. The Morgan fingerprint density at radius 1 is 1.24 bits per heavy atom.